The molecule has 1 atom stereocenters. The summed E-state index contributed by atoms with van der Waals surface area (Å²) in [5.41, 5.74) is 3.48. The number of piperidine rings is 1. The zero-order valence-corrected chi connectivity index (χ0v) is 13.2. The van der Waals surface area contributed by atoms with Crippen molar-refractivity contribution >= 4 is 5.91 Å². The van der Waals surface area contributed by atoms with Crippen LogP contribution in [0.25, 0.3) is 0 Å². The molecule has 1 amide bonds. The van der Waals surface area contributed by atoms with Crippen molar-refractivity contribution in [3.05, 3.63) is 35.4 Å². The molecule has 118 valence electrons. The quantitative estimate of drug-likeness (QED) is 0.934. The molecule has 1 N–H and O–H groups in total. The summed E-state index contributed by atoms with van der Waals surface area (Å²) in [7, 11) is 0. The number of H-pyrrole nitrogens is 1. The molecule has 3 rings (SSSR count). The van der Waals surface area contributed by atoms with Crippen LogP contribution < -0.4 is 0 Å². The minimum atomic E-state index is 0.161. The van der Waals surface area contributed by atoms with Crippen LogP contribution in [-0.4, -0.2) is 43.9 Å². The predicted molar refractivity (Wildman–Crippen MR) is 83.3 cm³/mol. The fraction of sp³-hybridized carbons (Fsp3) is 0.562. The molecular formula is C16H23N5O. The average molecular weight is 301 g/mol. The lowest BCUT2D eigenvalue weighted by Gasteiger charge is -2.32. The van der Waals surface area contributed by atoms with Crippen molar-refractivity contribution < 1.29 is 4.79 Å². The number of amides is 1. The third-order valence-corrected chi connectivity index (χ3v) is 4.36. The van der Waals surface area contributed by atoms with Crippen molar-refractivity contribution in [3.8, 4) is 0 Å². The van der Waals surface area contributed by atoms with E-state index >= 15 is 0 Å². The van der Waals surface area contributed by atoms with E-state index in [-0.39, 0.29) is 5.91 Å². The molecule has 0 saturated carbocycles. The molecule has 1 aliphatic rings. The van der Waals surface area contributed by atoms with E-state index in [0.717, 1.165) is 31.5 Å². The number of aromatic amines is 1. The van der Waals surface area contributed by atoms with E-state index in [1.54, 1.807) is 10.9 Å². The van der Waals surface area contributed by atoms with Crippen LogP contribution in [0.3, 0.4) is 0 Å². The number of carbonyl (C=O) groups is 1. The van der Waals surface area contributed by atoms with Crippen LogP contribution in [0.5, 0.6) is 0 Å². The zero-order valence-electron chi connectivity index (χ0n) is 13.2. The summed E-state index contributed by atoms with van der Waals surface area (Å²) in [5, 5.41) is 11.4. The first-order chi connectivity index (χ1) is 10.6. The van der Waals surface area contributed by atoms with Gasteiger partial charge in [0, 0.05) is 25.0 Å². The number of hydrogen-bond donors (Lipinski definition) is 1. The van der Waals surface area contributed by atoms with Gasteiger partial charge in [-0.2, -0.15) is 10.2 Å². The van der Waals surface area contributed by atoms with Crippen molar-refractivity contribution in [2.24, 2.45) is 5.92 Å². The fourth-order valence-corrected chi connectivity index (χ4v) is 3.12. The second kappa shape index (κ2) is 6.34. The Morgan fingerprint density at radius 1 is 1.41 bits per heavy atom. The molecule has 2 aromatic heterocycles. The summed E-state index contributed by atoms with van der Waals surface area (Å²) < 4.78 is 1.72. The molecule has 0 unspecified atom stereocenters. The Balaban J connectivity index is 1.58. The van der Waals surface area contributed by atoms with E-state index in [0.29, 0.717) is 12.5 Å². The van der Waals surface area contributed by atoms with E-state index in [1.165, 1.54) is 17.7 Å². The average Bonchev–Trinajstić information content (AvgIpc) is 3.08. The molecule has 6 nitrogen and oxygen atoms in total. The normalized spacial score (nSPS) is 18.6. The van der Waals surface area contributed by atoms with Crippen LogP contribution in [0.15, 0.2) is 18.6 Å². The minimum Gasteiger partial charge on any atom is -0.341 e. The second-order valence-corrected chi connectivity index (χ2v) is 6.30. The smallest absolute Gasteiger partial charge is 0.244 e. The first-order valence-corrected chi connectivity index (χ1v) is 7.87. The highest BCUT2D eigenvalue weighted by molar-refractivity contribution is 5.76. The van der Waals surface area contributed by atoms with Crippen LogP contribution in [0.2, 0.25) is 0 Å². The van der Waals surface area contributed by atoms with Gasteiger partial charge in [-0.05, 0) is 50.2 Å². The maximum atomic E-state index is 12.4. The first-order valence-electron chi connectivity index (χ1n) is 7.87. The van der Waals surface area contributed by atoms with Gasteiger partial charge >= 0.3 is 0 Å². The molecule has 2 aromatic rings. The van der Waals surface area contributed by atoms with Gasteiger partial charge in [-0.1, -0.05) is 0 Å². The van der Waals surface area contributed by atoms with Gasteiger partial charge in [0.1, 0.15) is 6.54 Å². The largest absolute Gasteiger partial charge is 0.341 e. The Labute approximate surface area is 130 Å². The molecule has 0 bridgehead atoms. The third-order valence-electron chi connectivity index (χ3n) is 4.36. The molecule has 1 fully saturated rings. The highest BCUT2D eigenvalue weighted by atomic mass is 16.2. The molecule has 6 heteroatoms. The molecule has 0 spiro atoms. The Hall–Kier alpha value is -2.11. The van der Waals surface area contributed by atoms with Crippen LogP contribution in [0.4, 0.5) is 0 Å². The summed E-state index contributed by atoms with van der Waals surface area (Å²) in [6.45, 7) is 6.08. The Morgan fingerprint density at radius 3 is 2.95 bits per heavy atom. The van der Waals surface area contributed by atoms with Gasteiger partial charge in [0.2, 0.25) is 5.91 Å². The number of nitrogens with zero attached hydrogens (tertiary/aromatic N) is 4. The Morgan fingerprint density at radius 2 is 2.27 bits per heavy atom. The SMILES string of the molecule is Cc1cnn(CC(=O)N2CCC[C@@H](Cc3[nH]ncc3C)C2)c1. The highest BCUT2D eigenvalue weighted by Crippen LogP contribution is 2.21. The molecular weight excluding hydrogens is 278 g/mol. The van der Waals surface area contributed by atoms with Gasteiger partial charge in [0.15, 0.2) is 0 Å². The Bertz CT molecular complexity index is 645. The maximum absolute atomic E-state index is 12.4. The Kier molecular flexibility index (Phi) is 4.27. The van der Waals surface area contributed by atoms with Crippen molar-refractivity contribution in [1.29, 1.82) is 0 Å². The molecule has 1 aliphatic heterocycles. The van der Waals surface area contributed by atoms with E-state index in [9.17, 15) is 4.79 Å². The van der Waals surface area contributed by atoms with E-state index < -0.39 is 0 Å². The number of hydrogen-bond acceptors (Lipinski definition) is 3. The van der Waals surface area contributed by atoms with Crippen molar-refractivity contribution in [2.75, 3.05) is 13.1 Å². The second-order valence-electron chi connectivity index (χ2n) is 6.30. The number of carbonyl (C=O) groups excluding carboxylic acids is 1. The molecule has 0 aromatic carbocycles. The van der Waals surface area contributed by atoms with Crippen molar-refractivity contribution in [3.63, 3.8) is 0 Å². The standard InChI is InChI=1S/C16H23N5O/c1-12-7-18-21(9-12)11-16(22)20-5-3-4-14(10-20)6-15-13(2)8-17-19-15/h7-9,14H,3-6,10-11H2,1-2H3,(H,17,19)/t14-/m0/s1. The molecule has 0 radical (unpaired) electrons. The first kappa shape index (κ1) is 14.8. The summed E-state index contributed by atoms with van der Waals surface area (Å²) in [5.74, 6) is 0.672. The van der Waals surface area contributed by atoms with E-state index in [2.05, 4.69) is 22.2 Å². The summed E-state index contributed by atoms with van der Waals surface area (Å²) in [6, 6.07) is 0. The van der Waals surface area contributed by atoms with Gasteiger partial charge in [-0.3, -0.25) is 14.6 Å². The lowest BCUT2D eigenvalue weighted by Crippen LogP contribution is -2.42. The summed E-state index contributed by atoms with van der Waals surface area (Å²) >= 11 is 0. The van der Waals surface area contributed by atoms with Gasteiger partial charge in [0.25, 0.3) is 0 Å². The van der Waals surface area contributed by atoms with Crippen LogP contribution in [0, 0.1) is 19.8 Å². The van der Waals surface area contributed by atoms with Crippen LogP contribution in [-0.2, 0) is 17.8 Å². The topological polar surface area (TPSA) is 66.8 Å². The van der Waals surface area contributed by atoms with Gasteiger partial charge in [0.05, 0.1) is 12.4 Å². The monoisotopic (exact) mass is 301 g/mol. The third kappa shape index (κ3) is 3.37. The van der Waals surface area contributed by atoms with E-state index in [4.69, 9.17) is 0 Å². The van der Waals surface area contributed by atoms with E-state index in [1.807, 2.05) is 24.2 Å². The van der Waals surface area contributed by atoms with Gasteiger partial charge < -0.3 is 4.90 Å². The number of aryl methyl sites for hydroxylation is 2. The lowest BCUT2D eigenvalue weighted by atomic mass is 9.92. The van der Waals surface area contributed by atoms with Gasteiger partial charge in [-0.25, -0.2) is 0 Å². The fourth-order valence-electron chi connectivity index (χ4n) is 3.12. The molecule has 0 aliphatic carbocycles. The van der Waals surface area contributed by atoms with Crippen molar-refractivity contribution in [1.82, 2.24) is 24.9 Å². The summed E-state index contributed by atoms with van der Waals surface area (Å²) in [6.07, 6.45) is 8.77. The van der Waals surface area contributed by atoms with Crippen LogP contribution >= 0.6 is 0 Å². The minimum absolute atomic E-state index is 0.161. The number of nitrogens with one attached hydrogen (secondary N) is 1. The highest BCUT2D eigenvalue weighted by Gasteiger charge is 2.24. The summed E-state index contributed by atoms with van der Waals surface area (Å²) in [4.78, 5) is 14.4. The van der Waals surface area contributed by atoms with Crippen molar-refractivity contribution in [2.45, 2.75) is 39.7 Å². The number of aromatic nitrogens is 4. The zero-order chi connectivity index (χ0) is 15.5. The number of likely N-dealkylation sites (tertiary alicyclic amines) is 1. The van der Waals surface area contributed by atoms with Gasteiger partial charge in [-0.15, -0.1) is 0 Å². The molecule has 3 heterocycles. The predicted octanol–water partition coefficient (Wildman–Crippen LogP) is 1.70. The van der Waals surface area contributed by atoms with Crippen LogP contribution in [0.1, 0.15) is 29.7 Å². The lowest BCUT2D eigenvalue weighted by molar-refractivity contribution is -0.133. The molecule has 1 saturated heterocycles. The molecule has 22 heavy (non-hydrogen) atoms. The maximum Gasteiger partial charge on any atom is 0.244 e. The number of rotatable bonds is 4.